The maximum atomic E-state index is 5.13. The van der Waals surface area contributed by atoms with Gasteiger partial charge >= 0.3 is 0 Å². The lowest BCUT2D eigenvalue weighted by molar-refractivity contribution is 0.809. The first-order chi connectivity index (χ1) is 4.86. The van der Waals surface area contributed by atoms with Gasteiger partial charge in [0.05, 0.1) is 0 Å². The topological polar surface area (TPSA) is 24.9 Å². The fourth-order valence-electron chi connectivity index (χ4n) is 0.610. The van der Waals surface area contributed by atoms with Crippen molar-refractivity contribution in [3.63, 3.8) is 0 Å². The van der Waals surface area contributed by atoms with Crippen LogP contribution in [0.2, 0.25) is 0 Å². The van der Waals surface area contributed by atoms with Gasteiger partial charge < -0.3 is 5.32 Å². The number of nitrogens with zero attached hydrogens (tertiary/aromatic N) is 1. The van der Waals surface area contributed by atoms with Crippen molar-refractivity contribution in [1.29, 1.82) is 0 Å². The zero-order valence-corrected chi connectivity index (χ0v) is 6.53. The lowest BCUT2D eigenvalue weighted by atomic mass is 10.5. The molecule has 1 rings (SSSR count). The smallest absolute Gasteiger partial charge is 0.124 e. The summed E-state index contributed by atoms with van der Waals surface area (Å²) >= 11 is 1.58. The van der Waals surface area contributed by atoms with Gasteiger partial charge in [-0.05, 0) is 13.0 Å². The van der Waals surface area contributed by atoms with Crippen molar-refractivity contribution in [1.82, 2.24) is 10.3 Å². The van der Waals surface area contributed by atoms with Crippen LogP contribution in [0.1, 0.15) is 10.7 Å². The molecule has 0 radical (unpaired) electrons. The van der Waals surface area contributed by atoms with Gasteiger partial charge in [-0.2, -0.15) is 0 Å². The normalized spacial score (nSPS) is 9.20. The summed E-state index contributed by atoms with van der Waals surface area (Å²) in [4.78, 5) is 4.14. The van der Waals surface area contributed by atoms with Gasteiger partial charge in [0.25, 0.3) is 0 Å². The molecule has 0 aliphatic rings. The average molecular weight is 152 g/mol. The first-order valence-electron chi connectivity index (χ1n) is 2.92. The molecule has 1 aromatic rings. The second-order valence-electron chi connectivity index (χ2n) is 1.80. The molecule has 0 atom stereocenters. The first kappa shape index (κ1) is 7.26. The van der Waals surface area contributed by atoms with E-state index in [-0.39, 0.29) is 0 Å². The van der Waals surface area contributed by atoms with Crippen LogP contribution in [0.15, 0.2) is 5.38 Å². The van der Waals surface area contributed by atoms with Crippen molar-refractivity contribution in [3.05, 3.63) is 16.1 Å². The van der Waals surface area contributed by atoms with Crippen LogP contribution in [0.25, 0.3) is 0 Å². The molecule has 0 unspecified atom stereocenters. The number of hydrogen-bond acceptors (Lipinski definition) is 3. The molecule has 0 fully saturated rings. The molecule has 10 heavy (non-hydrogen) atoms. The average Bonchev–Trinajstić information content (AvgIpc) is 2.37. The Morgan fingerprint density at radius 2 is 2.70 bits per heavy atom. The lowest BCUT2D eigenvalue weighted by Gasteiger charge is -1.88. The SMILES string of the molecule is C#Cc1csc(CNC)n1. The van der Waals surface area contributed by atoms with E-state index in [0.29, 0.717) is 0 Å². The monoisotopic (exact) mass is 152 g/mol. The fourth-order valence-corrected chi connectivity index (χ4v) is 1.36. The highest BCUT2D eigenvalue weighted by molar-refractivity contribution is 7.09. The summed E-state index contributed by atoms with van der Waals surface area (Å²) in [7, 11) is 1.89. The second kappa shape index (κ2) is 3.35. The number of terminal acetylenes is 1. The third kappa shape index (κ3) is 1.56. The molecule has 1 N–H and O–H groups in total. The molecule has 2 nitrogen and oxygen atoms in total. The van der Waals surface area contributed by atoms with Gasteiger partial charge in [-0.15, -0.1) is 17.8 Å². The number of aromatic nitrogens is 1. The van der Waals surface area contributed by atoms with E-state index in [1.54, 1.807) is 11.3 Å². The van der Waals surface area contributed by atoms with Gasteiger partial charge in [0, 0.05) is 11.9 Å². The summed E-state index contributed by atoms with van der Waals surface area (Å²) in [5.74, 6) is 2.48. The van der Waals surface area contributed by atoms with Crippen LogP contribution < -0.4 is 5.32 Å². The highest BCUT2D eigenvalue weighted by atomic mass is 32.1. The number of hydrogen-bond donors (Lipinski definition) is 1. The van der Waals surface area contributed by atoms with Crippen molar-refractivity contribution in [3.8, 4) is 12.3 Å². The Morgan fingerprint density at radius 3 is 3.20 bits per heavy atom. The maximum Gasteiger partial charge on any atom is 0.124 e. The Bertz CT molecular complexity index is 246. The first-order valence-corrected chi connectivity index (χ1v) is 3.80. The Hall–Kier alpha value is -0.850. The van der Waals surface area contributed by atoms with Crippen LogP contribution in [-0.2, 0) is 6.54 Å². The minimum Gasteiger partial charge on any atom is -0.314 e. The molecule has 0 aliphatic heterocycles. The summed E-state index contributed by atoms with van der Waals surface area (Å²) in [6.07, 6.45) is 5.13. The van der Waals surface area contributed by atoms with E-state index >= 15 is 0 Å². The van der Waals surface area contributed by atoms with Gasteiger partial charge in [0.2, 0.25) is 0 Å². The molecular formula is C7H8N2S. The fraction of sp³-hybridized carbons (Fsp3) is 0.286. The van der Waals surface area contributed by atoms with E-state index < -0.39 is 0 Å². The largest absolute Gasteiger partial charge is 0.314 e. The Kier molecular flexibility index (Phi) is 2.43. The van der Waals surface area contributed by atoms with E-state index in [4.69, 9.17) is 6.42 Å². The van der Waals surface area contributed by atoms with Crippen LogP contribution in [0.4, 0.5) is 0 Å². The molecule has 0 bridgehead atoms. The van der Waals surface area contributed by atoms with Crippen molar-refractivity contribution < 1.29 is 0 Å². The van der Waals surface area contributed by atoms with Gasteiger partial charge in [-0.3, -0.25) is 0 Å². The van der Waals surface area contributed by atoms with Crippen LogP contribution in [0.5, 0.6) is 0 Å². The third-order valence-electron chi connectivity index (χ3n) is 1.03. The van der Waals surface area contributed by atoms with Crippen molar-refractivity contribution in [2.45, 2.75) is 6.54 Å². The molecular weight excluding hydrogens is 144 g/mol. The zero-order chi connectivity index (χ0) is 7.40. The Balaban J connectivity index is 2.71. The van der Waals surface area contributed by atoms with E-state index in [9.17, 15) is 0 Å². The second-order valence-corrected chi connectivity index (χ2v) is 2.74. The van der Waals surface area contributed by atoms with E-state index in [0.717, 1.165) is 17.2 Å². The summed E-state index contributed by atoms with van der Waals surface area (Å²) in [5, 5.41) is 5.92. The highest BCUT2D eigenvalue weighted by Crippen LogP contribution is 2.07. The standard InChI is InChI=1S/C7H8N2S/c1-3-6-5-10-7(9-6)4-8-2/h1,5,8H,4H2,2H3. The quantitative estimate of drug-likeness (QED) is 0.635. The molecule has 0 aromatic carbocycles. The summed E-state index contributed by atoms with van der Waals surface area (Å²) in [5.41, 5.74) is 0.732. The van der Waals surface area contributed by atoms with Crippen LogP contribution in [0.3, 0.4) is 0 Å². The molecule has 3 heteroatoms. The van der Waals surface area contributed by atoms with Crippen molar-refractivity contribution >= 4 is 11.3 Å². The highest BCUT2D eigenvalue weighted by Gasteiger charge is 1.95. The Labute approximate surface area is 64.3 Å². The number of thiazole rings is 1. The minimum atomic E-state index is 0.732. The van der Waals surface area contributed by atoms with Gasteiger partial charge in [-0.25, -0.2) is 4.98 Å². The summed E-state index contributed by atoms with van der Waals surface area (Å²) < 4.78 is 0. The van der Waals surface area contributed by atoms with Crippen molar-refractivity contribution in [2.75, 3.05) is 7.05 Å². The van der Waals surface area contributed by atoms with Crippen molar-refractivity contribution in [2.24, 2.45) is 0 Å². The molecule has 0 spiro atoms. The Morgan fingerprint density at radius 1 is 1.90 bits per heavy atom. The summed E-state index contributed by atoms with van der Waals surface area (Å²) in [6, 6.07) is 0. The third-order valence-corrected chi connectivity index (χ3v) is 1.88. The molecule has 52 valence electrons. The predicted molar refractivity (Wildman–Crippen MR) is 42.8 cm³/mol. The predicted octanol–water partition coefficient (Wildman–Crippen LogP) is 0.844. The van der Waals surface area contributed by atoms with Gasteiger partial charge in [0.1, 0.15) is 10.7 Å². The van der Waals surface area contributed by atoms with E-state index in [2.05, 4.69) is 16.2 Å². The van der Waals surface area contributed by atoms with Gasteiger partial charge in [-0.1, -0.05) is 0 Å². The molecule has 0 saturated carbocycles. The molecule has 1 aromatic heterocycles. The van der Waals surface area contributed by atoms with Gasteiger partial charge in [0.15, 0.2) is 0 Å². The summed E-state index contributed by atoms with van der Waals surface area (Å²) in [6.45, 7) is 0.798. The molecule has 0 aliphatic carbocycles. The van der Waals surface area contributed by atoms with E-state index in [1.165, 1.54) is 0 Å². The zero-order valence-electron chi connectivity index (χ0n) is 5.72. The van der Waals surface area contributed by atoms with Crippen LogP contribution >= 0.6 is 11.3 Å². The van der Waals surface area contributed by atoms with Crippen LogP contribution in [0, 0.1) is 12.3 Å². The number of rotatable bonds is 2. The molecule has 0 saturated heterocycles. The minimum absolute atomic E-state index is 0.732. The lowest BCUT2D eigenvalue weighted by Crippen LogP contribution is -2.04. The number of nitrogens with one attached hydrogen (secondary N) is 1. The van der Waals surface area contributed by atoms with E-state index in [1.807, 2.05) is 12.4 Å². The molecule has 1 heterocycles. The van der Waals surface area contributed by atoms with Crippen LogP contribution in [-0.4, -0.2) is 12.0 Å². The molecule has 0 amide bonds. The maximum absolute atomic E-state index is 5.13.